The van der Waals surface area contributed by atoms with Crippen LogP contribution in [0.25, 0.3) is 16.7 Å². The minimum Gasteiger partial charge on any atom is -0.497 e. The van der Waals surface area contributed by atoms with E-state index in [1.807, 2.05) is 24.4 Å². The highest BCUT2D eigenvalue weighted by atomic mass is 16.5. The molecule has 0 spiro atoms. The molecule has 0 bridgehead atoms. The molecule has 32 heavy (non-hydrogen) atoms. The molecule has 0 unspecified atom stereocenters. The molecule has 10 heteroatoms. The molecular formula is C22H24N6O4. The molecule has 1 fully saturated rings. The number of aryl methyl sites for hydroxylation is 1. The number of rotatable bonds is 5. The number of anilines is 1. The van der Waals surface area contributed by atoms with Crippen molar-refractivity contribution in [3.63, 3.8) is 0 Å². The molecule has 0 amide bonds. The van der Waals surface area contributed by atoms with Gasteiger partial charge in [-0.15, -0.1) is 10.2 Å². The highest BCUT2D eigenvalue weighted by Gasteiger charge is 2.19. The van der Waals surface area contributed by atoms with Gasteiger partial charge in [0.2, 0.25) is 0 Å². The highest BCUT2D eigenvalue weighted by molar-refractivity contribution is 5.89. The lowest BCUT2D eigenvalue weighted by atomic mass is 10.2. The van der Waals surface area contributed by atoms with Crippen LogP contribution < -0.4 is 20.1 Å². The molecule has 0 aliphatic carbocycles. The Bertz CT molecular complexity index is 1330. The van der Waals surface area contributed by atoms with Crippen molar-refractivity contribution in [1.82, 2.24) is 24.1 Å². The van der Waals surface area contributed by atoms with Gasteiger partial charge in [0, 0.05) is 19.2 Å². The van der Waals surface area contributed by atoms with E-state index in [4.69, 9.17) is 19.2 Å². The van der Waals surface area contributed by atoms with Crippen molar-refractivity contribution in [2.75, 3.05) is 45.4 Å². The van der Waals surface area contributed by atoms with E-state index in [1.54, 1.807) is 31.8 Å². The predicted molar refractivity (Wildman–Crippen MR) is 119 cm³/mol. The van der Waals surface area contributed by atoms with E-state index in [9.17, 15) is 4.79 Å². The summed E-state index contributed by atoms with van der Waals surface area (Å²) in [6.07, 6.45) is 1.82. The van der Waals surface area contributed by atoms with Crippen LogP contribution in [-0.2, 0) is 11.3 Å². The fraction of sp³-hybridized carbons (Fsp3) is 0.364. The predicted octanol–water partition coefficient (Wildman–Crippen LogP) is 1.65. The number of ether oxygens (including phenoxy) is 3. The van der Waals surface area contributed by atoms with Crippen LogP contribution in [0.4, 0.5) is 5.69 Å². The van der Waals surface area contributed by atoms with E-state index < -0.39 is 0 Å². The highest BCUT2D eigenvalue weighted by Crippen LogP contribution is 2.26. The molecule has 0 saturated carbocycles. The first kappa shape index (κ1) is 20.3. The van der Waals surface area contributed by atoms with Gasteiger partial charge < -0.3 is 19.1 Å². The third-order valence-corrected chi connectivity index (χ3v) is 5.73. The molecule has 5 rings (SSSR count). The molecular weight excluding hydrogens is 412 g/mol. The Balaban J connectivity index is 1.72. The second-order valence-electron chi connectivity index (χ2n) is 7.66. The minimum absolute atomic E-state index is 0.224. The third-order valence-electron chi connectivity index (χ3n) is 5.73. The monoisotopic (exact) mass is 436 g/mol. The van der Waals surface area contributed by atoms with Gasteiger partial charge in [-0.2, -0.15) is 0 Å². The Morgan fingerprint density at radius 2 is 1.75 bits per heavy atom. The maximum Gasteiger partial charge on any atom is 0.336 e. The summed E-state index contributed by atoms with van der Waals surface area (Å²) >= 11 is 0. The average molecular weight is 436 g/mol. The van der Waals surface area contributed by atoms with E-state index in [0.717, 1.165) is 24.3 Å². The molecule has 1 aliphatic heterocycles. The van der Waals surface area contributed by atoms with Crippen molar-refractivity contribution in [2.45, 2.75) is 13.5 Å². The van der Waals surface area contributed by atoms with Gasteiger partial charge in [0.25, 0.3) is 0 Å². The number of morpholine rings is 1. The molecule has 1 aromatic carbocycles. The molecule has 166 valence electrons. The lowest BCUT2D eigenvalue weighted by Gasteiger charge is -2.28. The SMILES string of the molecule is COc1cc(Cn2c(=O)n3c(C)nnc3c3ncc(N4CCOCC4)cc32)cc(OC)c1. The van der Waals surface area contributed by atoms with E-state index in [1.165, 1.54) is 4.40 Å². The third kappa shape index (κ3) is 3.42. The Kier molecular flexibility index (Phi) is 5.14. The van der Waals surface area contributed by atoms with Crippen molar-refractivity contribution in [3.8, 4) is 11.5 Å². The normalized spacial score (nSPS) is 14.3. The Labute approximate surface area is 184 Å². The zero-order valence-corrected chi connectivity index (χ0v) is 18.2. The van der Waals surface area contributed by atoms with Crippen LogP contribution in [-0.4, -0.2) is 64.7 Å². The number of benzene rings is 1. The molecule has 10 nitrogen and oxygen atoms in total. The van der Waals surface area contributed by atoms with Crippen molar-refractivity contribution in [2.24, 2.45) is 0 Å². The lowest BCUT2D eigenvalue weighted by Crippen LogP contribution is -2.36. The topological polar surface area (TPSA) is 96.0 Å². The van der Waals surface area contributed by atoms with Gasteiger partial charge in [0.05, 0.1) is 51.4 Å². The molecule has 4 heterocycles. The molecule has 1 aliphatic rings. The maximum atomic E-state index is 13.5. The molecule has 0 atom stereocenters. The van der Waals surface area contributed by atoms with Crippen LogP contribution in [0.3, 0.4) is 0 Å². The maximum absolute atomic E-state index is 13.5. The molecule has 0 radical (unpaired) electrons. The summed E-state index contributed by atoms with van der Waals surface area (Å²) in [5.74, 6) is 1.83. The quantitative estimate of drug-likeness (QED) is 0.466. The Morgan fingerprint density at radius 3 is 2.44 bits per heavy atom. The van der Waals surface area contributed by atoms with Crippen LogP contribution in [0.1, 0.15) is 11.4 Å². The summed E-state index contributed by atoms with van der Waals surface area (Å²) in [6.45, 7) is 4.94. The fourth-order valence-electron chi connectivity index (χ4n) is 4.08. The molecule has 1 saturated heterocycles. The van der Waals surface area contributed by atoms with Gasteiger partial charge in [0.1, 0.15) is 22.8 Å². The number of aromatic nitrogens is 5. The van der Waals surface area contributed by atoms with Gasteiger partial charge in [-0.05, 0) is 30.7 Å². The zero-order chi connectivity index (χ0) is 22.2. The van der Waals surface area contributed by atoms with E-state index >= 15 is 0 Å². The summed E-state index contributed by atoms with van der Waals surface area (Å²) < 4.78 is 19.5. The van der Waals surface area contributed by atoms with Crippen molar-refractivity contribution < 1.29 is 14.2 Å². The number of nitrogens with zero attached hydrogens (tertiary/aromatic N) is 6. The van der Waals surface area contributed by atoms with Crippen LogP contribution in [0.15, 0.2) is 35.3 Å². The van der Waals surface area contributed by atoms with Gasteiger partial charge in [-0.3, -0.25) is 4.57 Å². The Morgan fingerprint density at radius 1 is 1.03 bits per heavy atom. The number of hydrogen-bond acceptors (Lipinski definition) is 8. The number of methoxy groups -OCH3 is 2. The Hall–Kier alpha value is -3.66. The zero-order valence-electron chi connectivity index (χ0n) is 18.2. The number of hydrogen-bond donors (Lipinski definition) is 0. The van der Waals surface area contributed by atoms with E-state index in [-0.39, 0.29) is 5.69 Å². The summed E-state index contributed by atoms with van der Waals surface area (Å²) in [5, 5.41) is 8.33. The van der Waals surface area contributed by atoms with Crippen molar-refractivity contribution in [1.29, 1.82) is 0 Å². The van der Waals surface area contributed by atoms with Gasteiger partial charge in [-0.25, -0.2) is 14.2 Å². The lowest BCUT2D eigenvalue weighted by molar-refractivity contribution is 0.122. The van der Waals surface area contributed by atoms with E-state index in [2.05, 4.69) is 15.1 Å². The first-order valence-electron chi connectivity index (χ1n) is 10.4. The fourth-order valence-corrected chi connectivity index (χ4v) is 4.08. The van der Waals surface area contributed by atoms with Crippen LogP contribution in [0.5, 0.6) is 11.5 Å². The van der Waals surface area contributed by atoms with Crippen molar-refractivity contribution in [3.05, 3.63) is 52.3 Å². The van der Waals surface area contributed by atoms with Crippen molar-refractivity contribution >= 4 is 22.4 Å². The first-order valence-corrected chi connectivity index (χ1v) is 10.4. The first-order chi connectivity index (χ1) is 15.6. The summed E-state index contributed by atoms with van der Waals surface area (Å²) in [4.78, 5) is 20.4. The molecule has 4 aromatic rings. The van der Waals surface area contributed by atoms with Crippen LogP contribution >= 0.6 is 0 Å². The average Bonchev–Trinajstić information content (AvgIpc) is 3.23. The smallest absolute Gasteiger partial charge is 0.336 e. The minimum atomic E-state index is -0.224. The largest absolute Gasteiger partial charge is 0.497 e. The standard InChI is InChI=1S/C22H24N6O4/c1-14-24-25-21-20-19(10-16(12-23-20)26-4-6-32-7-5-26)27(22(29)28(14)21)13-15-8-17(30-2)11-18(9-15)31-3/h8-12H,4-7,13H2,1-3H3. The molecule has 3 aromatic heterocycles. The summed E-state index contributed by atoms with van der Waals surface area (Å²) in [7, 11) is 3.20. The number of fused-ring (bicyclic) bond motifs is 3. The number of pyridine rings is 1. The second kappa shape index (κ2) is 8.12. The van der Waals surface area contributed by atoms with Gasteiger partial charge >= 0.3 is 5.69 Å². The van der Waals surface area contributed by atoms with E-state index in [0.29, 0.717) is 53.8 Å². The van der Waals surface area contributed by atoms with Crippen LogP contribution in [0.2, 0.25) is 0 Å². The second-order valence-corrected chi connectivity index (χ2v) is 7.66. The summed E-state index contributed by atoms with van der Waals surface area (Å²) in [5.41, 5.74) is 3.36. The van der Waals surface area contributed by atoms with Gasteiger partial charge in [-0.1, -0.05) is 0 Å². The molecule has 0 N–H and O–H groups in total. The summed E-state index contributed by atoms with van der Waals surface area (Å²) in [6, 6.07) is 7.58. The van der Waals surface area contributed by atoms with Gasteiger partial charge in [0.15, 0.2) is 5.65 Å². The van der Waals surface area contributed by atoms with Crippen LogP contribution in [0, 0.1) is 6.92 Å².